The molecule has 24 heavy (non-hydrogen) atoms. The summed E-state index contributed by atoms with van der Waals surface area (Å²) in [6.07, 6.45) is 1.95. The van der Waals surface area contributed by atoms with Gasteiger partial charge in [0.2, 0.25) is 6.41 Å². The lowest BCUT2D eigenvalue weighted by Gasteiger charge is -2.40. The van der Waals surface area contributed by atoms with Crippen molar-refractivity contribution in [1.82, 2.24) is 4.90 Å². The molecule has 3 heteroatoms. The number of carbonyl (C=O) groups excluding carboxylic acids is 1. The van der Waals surface area contributed by atoms with E-state index in [2.05, 4.69) is 81.4 Å². The Morgan fingerprint density at radius 1 is 1.12 bits per heavy atom. The SMILES string of the molecule is CC(CC1(c2ccccc2)c2ccccc2N(C=O)C1C)N(C)C. The number of hydrogen-bond donors (Lipinski definition) is 0. The van der Waals surface area contributed by atoms with Crippen LogP contribution in [0.25, 0.3) is 0 Å². The quantitative estimate of drug-likeness (QED) is 0.784. The number of fused-ring (bicyclic) bond motifs is 1. The van der Waals surface area contributed by atoms with Crippen LogP contribution < -0.4 is 4.90 Å². The molecule has 1 aliphatic rings. The van der Waals surface area contributed by atoms with Gasteiger partial charge in [-0.05, 0) is 51.6 Å². The molecule has 0 aliphatic carbocycles. The third-order valence-electron chi connectivity index (χ3n) is 5.69. The molecule has 0 bridgehead atoms. The number of nitrogens with zero attached hydrogens (tertiary/aromatic N) is 2. The molecule has 2 aromatic rings. The van der Waals surface area contributed by atoms with Gasteiger partial charge in [-0.3, -0.25) is 4.79 Å². The number of hydrogen-bond acceptors (Lipinski definition) is 2. The lowest BCUT2D eigenvalue weighted by molar-refractivity contribution is -0.107. The standard InChI is InChI=1S/C21H26N2O/c1-16(22(3)4)14-21(18-10-6-5-7-11-18)17(2)23(15-24)20-13-9-8-12-19(20)21/h5-13,15-17H,14H2,1-4H3. The second kappa shape index (κ2) is 6.40. The summed E-state index contributed by atoms with van der Waals surface area (Å²) >= 11 is 0. The minimum Gasteiger partial charge on any atom is -0.311 e. The van der Waals surface area contributed by atoms with Crippen LogP contribution >= 0.6 is 0 Å². The lowest BCUT2D eigenvalue weighted by Crippen LogP contribution is -2.46. The Hall–Kier alpha value is -2.13. The molecule has 2 aromatic carbocycles. The maximum absolute atomic E-state index is 11.8. The van der Waals surface area contributed by atoms with Crippen LogP contribution in [-0.2, 0) is 10.2 Å². The normalized spacial score (nSPS) is 24.0. The molecule has 3 unspecified atom stereocenters. The number of rotatable bonds is 5. The second-order valence-electron chi connectivity index (χ2n) is 7.06. The van der Waals surface area contributed by atoms with Gasteiger partial charge in [-0.25, -0.2) is 0 Å². The largest absolute Gasteiger partial charge is 0.311 e. The molecule has 0 fully saturated rings. The van der Waals surface area contributed by atoms with Crippen LogP contribution in [0.3, 0.4) is 0 Å². The summed E-state index contributed by atoms with van der Waals surface area (Å²) in [7, 11) is 4.23. The van der Waals surface area contributed by atoms with Crippen molar-refractivity contribution in [3.05, 3.63) is 65.7 Å². The van der Waals surface area contributed by atoms with E-state index >= 15 is 0 Å². The van der Waals surface area contributed by atoms with E-state index in [1.807, 2.05) is 11.0 Å². The molecule has 0 aromatic heterocycles. The predicted octanol–water partition coefficient (Wildman–Crippen LogP) is 3.68. The predicted molar refractivity (Wildman–Crippen MR) is 99.4 cm³/mol. The maximum atomic E-state index is 11.8. The molecule has 3 nitrogen and oxygen atoms in total. The lowest BCUT2D eigenvalue weighted by atomic mass is 9.67. The molecule has 3 rings (SSSR count). The molecule has 1 aliphatic heterocycles. The van der Waals surface area contributed by atoms with Crippen LogP contribution in [0.15, 0.2) is 54.6 Å². The van der Waals surface area contributed by atoms with Crippen molar-refractivity contribution in [2.24, 2.45) is 0 Å². The molecule has 0 saturated heterocycles. The van der Waals surface area contributed by atoms with Crippen molar-refractivity contribution in [3.63, 3.8) is 0 Å². The maximum Gasteiger partial charge on any atom is 0.214 e. The van der Waals surface area contributed by atoms with Gasteiger partial charge in [-0.1, -0.05) is 48.5 Å². The van der Waals surface area contributed by atoms with Crippen molar-refractivity contribution in [2.45, 2.75) is 37.8 Å². The van der Waals surface area contributed by atoms with Crippen LogP contribution in [0.4, 0.5) is 5.69 Å². The molecule has 0 radical (unpaired) electrons. The molecule has 3 atom stereocenters. The number of carbonyl (C=O) groups is 1. The minimum atomic E-state index is -0.192. The monoisotopic (exact) mass is 322 g/mol. The Morgan fingerprint density at radius 3 is 2.38 bits per heavy atom. The average Bonchev–Trinajstić information content (AvgIpc) is 2.84. The fourth-order valence-corrected chi connectivity index (χ4v) is 4.07. The van der Waals surface area contributed by atoms with Crippen LogP contribution in [0, 0.1) is 0 Å². The van der Waals surface area contributed by atoms with Crippen molar-refractivity contribution >= 4 is 12.1 Å². The van der Waals surface area contributed by atoms with Crippen LogP contribution in [0.2, 0.25) is 0 Å². The highest BCUT2D eigenvalue weighted by atomic mass is 16.1. The molecular weight excluding hydrogens is 296 g/mol. The number of para-hydroxylation sites is 1. The molecule has 126 valence electrons. The van der Waals surface area contributed by atoms with Gasteiger partial charge in [0.25, 0.3) is 0 Å². The van der Waals surface area contributed by atoms with E-state index in [4.69, 9.17) is 0 Å². The van der Waals surface area contributed by atoms with Crippen LogP contribution in [0.1, 0.15) is 31.4 Å². The summed E-state index contributed by atoms with van der Waals surface area (Å²) in [5.41, 5.74) is 3.38. The van der Waals surface area contributed by atoms with Gasteiger partial charge in [-0.2, -0.15) is 0 Å². The van der Waals surface area contributed by atoms with Gasteiger partial charge in [-0.15, -0.1) is 0 Å². The first kappa shape index (κ1) is 16.7. The third-order valence-corrected chi connectivity index (χ3v) is 5.69. The fourth-order valence-electron chi connectivity index (χ4n) is 4.07. The highest BCUT2D eigenvalue weighted by Crippen LogP contribution is 2.51. The summed E-state index contributed by atoms with van der Waals surface area (Å²) < 4.78 is 0. The highest BCUT2D eigenvalue weighted by Gasteiger charge is 2.50. The number of amides is 1. The molecule has 0 spiro atoms. The Labute approximate surface area is 144 Å². The van der Waals surface area contributed by atoms with Gasteiger partial charge >= 0.3 is 0 Å². The Kier molecular flexibility index (Phi) is 4.46. The summed E-state index contributed by atoms with van der Waals surface area (Å²) in [5.74, 6) is 0. The fraction of sp³-hybridized carbons (Fsp3) is 0.381. The molecular formula is C21H26N2O. The molecule has 1 heterocycles. The van der Waals surface area contributed by atoms with E-state index in [9.17, 15) is 4.79 Å². The van der Waals surface area contributed by atoms with E-state index in [0.717, 1.165) is 18.5 Å². The zero-order chi connectivity index (χ0) is 17.3. The first-order valence-corrected chi connectivity index (χ1v) is 8.57. The van der Waals surface area contributed by atoms with Crippen LogP contribution in [-0.4, -0.2) is 37.5 Å². The Morgan fingerprint density at radius 2 is 1.75 bits per heavy atom. The smallest absolute Gasteiger partial charge is 0.214 e. The zero-order valence-electron chi connectivity index (χ0n) is 14.9. The highest BCUT2D eigenvalue weighted by molar-refractivity contribution is 5.84. The van der Waals surface area contributed by atoms with Gasteiger partial charge in [0.05, 0.1) is 0 Å². The Balaban J connectivity index is 2.24. The summed E-state index contributed by atoms with van der Waals surface area (Å²) in [5, 5.41) is 0. The first-order chi connectivity index (χ1) is 11.5. The second-order valence-corrected chi connectivity index (χ2v) is 7.06. The van der Waals surface area contributed by atoms with Crippen LogP contribution in [0.5, 0.6) is 0 Å². The Bertz CT molecular complexity index is 713. The average molecular weight is 322 g/mol. The van der Waals surface area contributed by atoms with Crippen molar-refractivity contribution in [1.29, 1.82) is 0 Å². The van der Waals surface area contributed by atoms with Crippen molar-refractivity contribution < 1.29 is 4.79 Å². The van der Waals surface area contributed by atoms with E-state index in [0.29, 0.717) is 6.04 Å². The number of anilines is 1. The van der Waals surface area contributed by atoms with Gasteiger partial charge in [0, 0.05) is 23.2 Å². The van der Waals surface area contributed by atoms with Gasteiger partial charge < -0.3 is 9.80 Å². The summed E-state index contributed by atoms with van der Waals surface area (Å²) in [6, 6.07) is 19.5. The van der Waals surface area contributed by atoms with Gasteiger partial charge in [0.15, 0.2) is 0 Å². The third kappa shape index (κ3) is 2.44. The molecule has 0 saturated carbocycles. The van der Waals surface area contributed by atoms with E-state index in [1.54, 1.807) is 0 Å². The minimum absolute atomic E-state index is 0.0807. The van der Waals surface area contributed by atoms with Gasteiger partial charge in [0.1, 0.15) is 0 Å². The summed E-state index contributed by atoms with van der Waals surface area (Å²) in [4.78, 5) is 16.0. The zero-order valence-corrected chi connectivity index (χ0v) is 14.9. The number of benzene rings is 2. The molecule has 0 N–H and O–H groups in total. The van der Waals surface area contributed by atoms with E-state index in [1.165, 1.54) is 11.1 Å². The molecule has 1 amide bonds. The summed E-state index contributed by atoms with van der Waals surface area (Å²) in [6.45, 7) is 4.42. The van der Waals surface area contributed by atoms with E-state index < -0.39 is 0 Å². The van der Waals surface area contributed by atoms with E-state index in [-0.39, 0.29) is 11.5 Å². The van der Waals surface area contributed by atoms with Crippen molar-refractivity contribution in [2.75, 3.05) is 19.0 Å². The topological polar surface area (TPSA) is 23.6 Å². The first-order valence-electron chi connectivity index (χ1n) is 8.57. The van der Waals surface area contributed by atoms with Crippen molar-refractivity contribution in [3.8, 4) is 0 Å².